The first-order valence-corrected chi connectivity index (χ1v) is 6.02. The van der Waals surface area contributed by atoms with Gasteiger partial charge in [0.25, 0.3) is 0 Å². The maximum atomic E-state index is 11.3. The molecule has 16 heavy (non-hydrogen) atoms. The fourth-order valence-corrected chi connectivity index (χ4v) is 1.55. The summed E-state index contributed by atoms with van der Waals surface area (Å²) in [6.45, 7) is 8.91. The normalized spacial score (nSPS) is 16.6. The summed E-state index contributed by atoms with van der Waals surface area (Å²) >= 11 is 0. The molecule has 0 spiro atoms. The van der Waals surface area contributed by atoms with E-state index in [2.05, 4.69) is 5.32 Å². The highest BCUT2D eigenvalue weighted by Gasteiger charge is 2.20. The van der Waals surface area contributed by atoms with Crippen LogP contribution in [0.25, 0.3) is 0 Å². The molecule has 0 aromatic carbocycles. The topological polar surface area (TPSA) is 58.6 Å². The molecule has 0 aliphatic carbocycles. The summed E-state index contributed by atoms with van der Waals surface area (Å²) in [5.74, 6) is -0.359. The Hall–Kier alpha value is -0.610. The summed E-state index contributed by atoms with van der Waals surface area (Å²) in [5, 5.41) is 13.0. The number of nitrogens with one attached hydrogen (secondary N) is 1. The second-order valence-electron chi connectivity index (χ2n) is 4.53. The van der Waals surface area contributed by atoms with E-state index in [1.165, 1.54) is 0 Å². The van der Waals surface area contributed by atoms with Gasteiger partial charge in [0.2, 0.25) is 0 Å². The van der Waals surface area contributed by atoms with Crippen molar-refractivity contribution < 1.29 is 14.6 Å². The molecule has 0 aliphatic rings. The maximum absolute atomic E-state index is 11.3. The van der Waals surface area contributed by atoms with Gasteiger partial charge >= 0.3 is 5.97 Å². The summed E-state index contributed by atoms with van der Waals surface area (Å²) in [6, 6.07) is 0. The quantitative estimate of drug-likeness (QED) is 0.619. The highest BCUT2D eigenvalue weighted by molar-refractivity contribution is 5.72. The van der Waals surface area contributed by atoms with Crippen LogP contribution in [0, 0.1) is 5.92 Å². The monoisotopic (exact) mass is 231 g/mol. The average Bonchev–Trinajstić information content (AvgIpc) is 2.17. The van der Waals surface area contributed by atoms with Crippen LogP contribution in [0.2, 0.25) is 0 Å². The van der Waals surface area contributed by atoms with Crippen LogP contribution in [0.3, 0.4) is 0 Å². The summed E-state index contributed by atoms with van der Waals surface area (Å²) in [6.07, 6.45) is 1.70. The largest absolute Gasteiger partial charge is 0.466 e. The van der Waals surface area contributed by atoms with Crippen molar-refractivity contribution in [3.63, 3.8) is 0 Å². The summed E-state index contributed by atoms with van der Waals surface area (Å²) in [4.78, 5) is 11.3. The van der Waals surface area contributed by atoms with E-state index in [0.717, 1.165) is 12.8 Å². The molecular formula is C12H25NO3. The van der Waals surface area contributed by atoms with Crippen molar-refractivity contribution in [3.8, 4) is 0 Å². The van der Waals surface area contributed by atoms with Crippen molar-refractivity contribution in [2.75, 3.05) is 19.7 Å². The lowest BCUT2D eigenvalue weighted by atomic mass is 10.0. The number of aliphatic hydroxyl groups is 1. The smallest absolute Gasteiger partial charge is 0.309 e. The van der Waals surface area contributed by atoms with Gasteiger partial charge in [-0.05, 0) is 20.3 Å². The molecule has 0 aliphatic heterocycles. The Morgan fingerprint density at radius 2 is 2.12 bits per heavy atom. The number of carbonyl (C=O) groups excluding carboxylic acids is 1. The molecular weight excluding hydrogens is 206 g/mol. The highest BCUT2D eigenvalue weighted by Crippen LogP contribution is 2.10. The third-order valence-electron chi connectivity index (χ3n) is 2.43. The molecule has 2 N–H and O–H groups in total. The van der Waals surface area contributed by atoms with Gasteiger partial charge in [-0.25, -0.2) is 0 Å². The molecule has 96 valence electrons. The minimum Gasteiger partial charge on any atom is -0.466 e. The molecule has 0 amide bonds. The van der Waals surface area contributed by atoms with E-state index in [0.29, 0.717) is 19.7 Å². The van der Waals surface area contributed by atoms with Gasteiger partial charge in [0.1, 0.15) is 0 Å². The predicted molar refractivity (Wildman–Crippen MR) is 64.2 cm³/mol. The first-order chi connectivity index (χ1) is 7.43. The average molecular weight is 231 g/mol. The second kappa shape index (κ2) is 7.63. The Morgan fingerprint density at radius 1 is 1.50 bits per heavy atom. The molecule has 0 saturated carbocycles. The summed E-state index contributed by atoms with van der Waals surface area (Å²) < 4.78 is 4.89. The van der Waals surface area contributed by atoms with Gasteiger partial charge in [-0.2, -0.15) is 0 Å². The van der Waals surface area contributed by atoms with Gasteiger partial charge in [-0.3, -0.25) is 4.79 Å². The zero-order chi connectivity index (χ0) is 12.6. The van der Waals surface area contributed by atoms with Crippen LogP contribution in [0.4, 0.5) is 0 Å². The maximum Gasteiger partial charge on any atom is 0.309 e. The van der Waals surface area contributed by atoms with Crippen molar-refractivity contribution in [1.29, 1.82) is 0 Å². The number of carbonyl (C=O) groups is 1. The van der Waals surface area contributed by atoms with Gasteiger partial charge in [-0.1, -0.05) is 20.3 Å². The first-order valence-electron chi connectivity index (χ1n) is 6.02. The number of hydrogen-bond donors (Lipinski definition) is 2. The van der Waals surface area contributed by atoms with Gasteiger partial charge in [-0.15, -0.1) is 0 Å². The Balaban J connectivity index is 3.76. The van der Waals surface area contributed by atoms with E-state index >= 15 is 0 Å². The molecule has 0 saturated heterocycles. The molecule has 2 unspecified atom stereocenters. The predicted octanol–water partition coefficient (Wildman–Crippen LogP) is 1.33. The van der Waals surface area contributed by atoms with Crippen molar-refractivity contribution in [1.82, 2.24) is 5.32 Å². The van der Waals surface area contributed by atoms with Crippen LogP contribution in [0.5, 0.6) is 0 Å². The molecule has 0 fully saturated rings. The van der Waals surface area contributed by atoms with Crippen molar-refractivity contribution >= 4 is 5.97 Å². The molecule has 0 aromatic rings. The number of ether oxygens (including phenoxy) is 1. The molecule has 0 heterocycles. The van der Waals surface area contributed by atoms with Crippen LogP contribution in [-0.2, 0) is 9.53 Å². The Kier molecular flexibility index (Phi) is 7.34. The third-order valence-corrected chi connectivity index (χ3v) is 2.43. The van der Waals surface area contributed by atoms with E-state index in [1.54, 1.807) is 13.8 Å². The Bertz CT molecular complexity index is 204. The molecule has 0 rings (SSSR count). The molecule has 2 atom stereocenters. The van der Waals surface area contributed by atoms with E-state index < -0.39 is 5.60 Å². The lowest BCUT2D eigenvalue weighted by molar-refractivity contribution is -0.147. The molecule has 0 aromatic heterocycles. The van der Waals surface area contributed by atoms with Crippen molar-refractivity contribution in [2.45, 2.75) is 46.1 Å². The zero-order valence-corrected chi connectivity index (χ0v) is 10.9. The van der Waals surface area contributed by atoms with Crippen molar-refractivity contribution in [2.24, 2.45) is 5.92 Å². The minimum atomic E-state index is -0.691. The van der Waals surface area contributed by atoms with Crippen molar-refractivity contribution in [3.05, 3.63) is 0 Å². The van der Waals surface area contributed by atoms with E-state index in [9.17, 15) is 9.90 Å². The zero-order valence-electron chi connectivity index (χ0n) is 10.9. The molecule has 0 radical (unpaired) electrons. The van der Waals surface area contributed by atoms with E-state index in [-0.39, 0.29) is 11.9 Å². The highest BCUT2D eigenvalue weighted by atomic mass is 16.5. The van der Waals surface area contributed by atoms with Crippen LogP contribution in [-0.4, -0.2) is 36.4 Å². The summed E-state index contributed by atoms with van der Waals surface area (Å²) in [7, 11) is 0. The lowest BCUT2D eigenvalue weighted by Gasteiger charge is -2.23. The fraction of sp³-hybridized carbons (Fsp3) is 0.917. The minimum absolute atomic E-state index is 0.169. The van der Waals surface area contributed by atoms with Crippen LogP contribution in [0.15, 0.2) is 0 Å². The molecule has 4 nitrogen and oxygen atoms in total. The lowest BCUT2D eigenvalue weighted by Crippen LogP contribution is -2.40. The van der Waals surface area contributed by atoms with E-state index in [4.69, 9.17) is 4.74 Å². The van der Waals surface area contributed by atoms with Crippen LogP contribution >= 0.6 is 0 Å². The standard InChI is InChI=1S/C12H25NO3/c1-5-7-12(4,15)9-13-8-10(3)11(14)16-6-2/h10,13,15H,5-9H2,1-4H3. The SMILES string of the molecule is CCCC(C)(O)CNCC(C)C(=O)OCC. The van der Waals surface area contributed by atoms with E-state index in [1.807, 2.05) is 13.8 Å². The first kappa shape index (κ1) is 15.4. The number of rotatable bonds is 8. The van der Waals surface area contributed by atoms with Gasteiger partial charge < -0.3 is 15.2 Å². The summed E-state index contributed by atoms with van der Waals surface area (Å²) in [5.41, 5.74) is -0.691. The van der Waals surface area contributed by atoms with Gasteiger partial charge in [0.05, 0.1) is 18.1 Å². The van der Waals surface area contributed by atoms with Crippen LogP contribution in [0.1, 0.15) is 40.5 Å². The number of esters is 1. The fourth-order valence-electron chi connectivity index (χ4n) is 1.55. The molecule has 0 bridgehead atoms. The second-order valence-corrected chi connectivity index (χ2v) is 4.53. The Labute approximate surface area is 98.4 Å². The number of hydrogen-bond acceptors (Lipinski definition) is 4. The van der Waals surface area contributed by atoms with Gasteiger partial charge in [0, 0.05) is 13.1 Å². The van der Waals surface area contributed by atoms with Gasteiger partial charge in [0.15, 0.2) is 0 Å². The van der Waals surface area contributed by atoms with Crippen LogP contribution < -0.4 is 5.32 Å². The Morgan fingerprint density at radius 3 is 2.62 bits per heavy atom. The molecule has 4 heteroatoms. The third kappa shape index (κ3) is 6.80.